The van der Waals surface area contributed by atoms with Crippen LogP contribution in [0.5, 0.6) is 0 Å². The molecule has 0 nitrogen and oxygen atoms in total. The number of hydrogen-bond donors (Lipinski definition) is 0. The quantitative estimate of drug-likeness (QED) is 0.142. The summed E-state index contributed by atoms with van der Waals surface area (Å²) in [6.07, 6.45) is 0. The van der Waals surface area contributed by atoms with Crippen LogP contribution in [0.4, 0.5) is 0 Å². The largest absolute Gasteiger partial charge is 0.0720 e. The standard InChI is InChI=1S/C73H72/c1-69(2,3)59-35-27-49(28-36-59)55-43-56(50-29-37-60(38-30-50)70(4,5)6)46-63(45-55)73(66-26-20-19-25-65(66)67(53-21-15-13-16-22-53)68(73)54-23-17-14-18-24-54)64-47-57(51-31-39-61(40-32-51)71(7,8)9)44-58(48-64)52-33-41-62(42-34-52)72(10,11)12/h13-48H,1-12H3. The summed E-state index contributed by atoms with van der Waals surface area (Å²) in [5, 5.41) is 0. The van der Waals surface area contributed by atoms with E-state index < -0.39 is 5.41 Å². The average Bonchev–Trinajstić information content (AvgIpc) is 3.70. The van der Waals surface area contributed by atoms with Crippen molar-refractivity contribution >= 4 is 11.1 Å². The van der Waals surface area contributed by atoms with Crippen molar-refractivity contribution in [3.05, 3.63) is 274 Å². The molecule has 0 amide bonds. The lowest BCUT2D eigenvalue weighted by Gasteiger charge is -2.37. The molecule has 0 aromatic heterocycles. The molecule has 0 saturated carbocycles. The number of fused-ring (bicyclic) bond motifs is 1. The van der Waals surface area contributed by atoms with E-state index in [9.17, 15) is 0 Å². The normalized spacial score (nSPS) is 13.8. The van der Waals surface area contributed by atoms with Crippen LogP contribution in [-0.2, 0) is 27.1 Å². The highest BCUT2D eigenvalue weighted by molar-refractivity contribution is 6.11. The molecular weight excluding hydrogens is 877 g/mol. The predicted molar refractivity (Wildman–Crippen MR) is 315 cm³/mol. The molecule has 0 bridgehead atoms. The van der Waals surface area contributed by atoms with Gasteiger partial charge in [0.15, 0.2) is 0 Å². The fraction of sp³-hybridized carbons (Fsp3) is 0.233. The Morgan fingerprint density at radius 2 is 0.534 bits per heavy atom. The molecule has 0 aliphatic heterocycles. The SMILES string of the molecule is CC(C)(C)c1ccc(-c2cc(-c3ccc(C(C)(C)C)cc3)cc(C3(c4cc(-c5ccc(C(C)(C)C)cc5)cc(-c5ccc(C(C)(C)C)cc5)c4)C(c4ccccc4)=C(c4ccccc4)c4ccccc43)c2)cc1. The van der Waals surface area contributed by atoms with Gasteiger partial charge in [0.05, 0.1) is 5.41 Å². The Morgan fingerprint density at radius 1 is 0.247 bits per heavy atom. The van der Waals surface area contributed by atoms with E-state index in [1.165, 1.54) is 111 Å². The van der Waals surface area contributed by atoms with Crippen molar-refractivity contribution in [1.29, 1.82) is 0 Å². The van der Waals surface area contributed by atoms with E-state index in [2.05, 4.69) is 301 Å². The minimum absolute atomic E-state index is 0.0318. The summed E-state index contributed by atoms with van der Waals surface area (Å²) < 4.78 is 0. The molecule has 0 spiro atoms. The maximum Gasteiger partial charge on any atom is 0.0720 e. The van der Waals surface area contributed by atoms with Gasteiger partial charge in [-0.2, -0.15) is 0 Å². The Hall–Kier alpha value is -7.28. The molecule has 0 heteroatoms. The van der Waals surface area contributed by atoms with Gasteiger partial charge in [-0.1, -0.05) is 265 Å². The van der Waals surface area contributed by atoms with Crippen molar-refractivity contribution in [2.75, 3.05) is 0 Å². The first-order chi connectivity index (χ1) is 34.7. The highest BCUT2D eigenvalue weighted by Gasteiger charge is 2.49. The van der Waals surface area contributed by atoms with Crippen molar-refractivity contribution in [3.8, 4) is 44.5 Å². The van der Waals surface area contributed by atoms with E-state index in [1.807, 2.05) is 0 Å². The molecule has 0 fully saturated rings. The topological polar surface area (TPSA) is 0 Å². The molecule has 0 N–H and O–H groups in total. The zero-order valence-corrected chi connectivity index (χ0v) is 45.3. The summed E-state index contributed by atoms with van der Waals surface area (Å²) in [4.78, 5) is 0. The van der Waals surface area contributed by atoms with Crippen LogP contribution in [0.1, 0.15) is 139 Å². The van der Waals surface area contributed by atoms with Crippen molar-refractivity contribution < 1.29 is 0 Å². The lowest BCUT2D eigenvalue weighted by Crippen LogP contribution is -2.30. The van der Waals surface area contributed by atoms with Gasteiger partial charge in [0, 0.05) is 0 Å². The van der Waals surface area contributed by atoms with Crippen molar-refractivity contribution in [2.45, 2.75) is 110 Å². The summed E-state index contributed by atoms with van der Waals surface area (Å²) in [5.74, 6) is 0. The van der Waals surface area contributed by atoms with Gasteiger partial charge in [0.2, 0.25) is 0 Å². The monoisotopic (exact) mass is 949 g/mol. The van der Waals surface area contributed by atoms with Gasteiger partial charge < -0.3 is 0 Å². The Morgan fingerprint density at radius 3 is 0.849 bits per heavy atom. The van der Waals surface area contributed by atoms with Crippen molar-refractivity contribution in [1.82, 2.24) is 0 Å². The van der Waals surface area contributed by atoms with E-state index >= 15 is 0 Å². The summed E-state index contributed by atoms with van der Waals surface area (Å²) in [6.45, 7) is 27.6. The highest BCUT2D eigenvalue weighted by atomic mass is 14.5. The van der Waals surface area contributed by atoms with E-state index in [1.54, 1.807) is 0 Å². The molecule has 10 rings (SSSR count). The summed E-state index contributed by atoms with van der Waals surface area (Å²) >= 11 is 0. The Kier molecular flexibility index (Phi) is 12.6. The molecule has 0 saturated heterocycles. The van der Waals surface area contributed by atoms with Crippen LogP contribution in [0.15, 0.2) is 218 Å². The maximum absolute atomic E-state index is 2.52. The van der Waals surface area contributed by atoms with Crippen molar-refractivity contribution in [3.63, 3.8) is 0 Å². The Balaban J connectivity index is 1.38. The molecule has 73 heavy (non-hydrogen) atoms. The molecule has 0 radical (unpaired) electrons. The van der Waals surface area contributed by atoms with Gasteiger partial charge in [0.25, 0.3) is 0 Å². The van der Waals surface area contributed by atoms with Crippen LogP contribution in [0.2, 0.25) is 0 Å². The zero-order chi connectivity index (χ0) is 51.5. The third kappa shape index (κ3) is 9.50. The van der Waals surface area contributed by atoms with Crippen molar-refractivity contribution in [2.24, 2.45) is 0 Å². The molecule has 364 valence electrons. The minimum atomic E-state index is -0.800. The van der Waals surface area contributed by atoms with Gasteiger partial charge in [-0.25, -0.2) is 0 Å². The molecular formula is C73H72. The molecule has 1 aliphatic carbocycles. The molecule has 0 atom stereocenters. The first-order valence-electron chi connectivity index (χ1n) is 26.4. The minimum Gasteiger partial charge on any atom is -0.0622 e. The third-order valence-corrected chi connectivity index (χ3v) is 15.4. The summed E-state index contributed by atoms with van der Waals surface area (Å²) in [6, 6.07) is 83.9. The lowest BCUT2D eigenvalue weighted by molar-refractivity contribution is 0.590. The van der Waals surface area contributed by atoms with Gasteiger partial charge >= 0.3 is 0 Å². The molecule has 0 unspecified atom stereocenters. The third-order valence-electron chi connectivity index (χ3n) is 15.4. The average molecular weight is 949 g/mol. The molecule has 9 aromatic carbocycles. The Labute approximate surface area is 437 Å². The van der Waals surface area contributed by atoms with E-state index in [-0.39, 0.29) is 21.7 Å². The molecule has 9 aromatic rings. The Bertz CT molecular complexity index is 3130. The van der Waals surface area contributed by atoms with Gasteiger partial charge in [-0.05, 0) is 169 Å². The number of allylic oxidation sites excluding steroid dienone is 1. The van der Waals surface area contributed by atoms with Crippen LogP contribution in [0, 0.1) is 0 Å². The maximum atomic E-state index is 2.52. The molecule has 0 heterocycles. The van der Waals surface area contributed by atoms with E-state index in [0.717, 1.165) is 0 Å². The molecule has 1 aliphatic rings. The fourth-order valence-corrected chi connectivity index (χ4v) is 11.1. The first kappa shape index (κ1) is 49.3. The van der Waals surface area contributed by atoms with Crippen LogP contribution >= 0.6 is 0 Å². The number of benzene rings is 9. The summed E-state index contributed by atoms with van der Waals surface area (Å²) in [5.41, 5.74) is 24.1. The van der Waals surface area contributed by atoms with Crippen LogP contribution in [-0.4, -0.2) is 0 Å². The van der Waals surface area contributed by atoms with Gasteiger partial charge in [0.1, 0.15) is 0 Å². The zero-order valence-electron chi connectivity index (χ0n) is 45.3. The first-order valence-corrected chi connectivity index (χ1v) is 26.4. The second-order valence-electron chi connectivity index (χ2n) is 24.7. The van der Waals surface area contributed by atoms with Gasteiger partial charge in [-0.15, -0.1) is 0 Å². The van der Waals surface area contributed by atoms with Crippen LogP contribution in [0.3, 0.4) is 0 Å². The summed E-state index contributed by atoms with van der Waals surface area (Å²) in [7, 11) is 0. The number of rotatable bonds is 8. The highest BCUT2D eigenvalue weighted by Crippen LogP contribution is 2.61. The second kappa shape index (κ2) is 18.6. The fourth-order valence-electron chi connectivity index (χ4n) is 11.1. The smallest absolute Gasteiger partial charge is 0.0622 e. The van der Waals surface area contributed by atoms with Gasteiger partial charge in [-0.3, -0.25) is 0 Å². The van der Waals surface area contributed by atoms with E-state index in [0.29, 0.717) is 0 Å². The van der Waals surface area contributed by atoms with Crippen LogP contribution in [0.25, 0.3) is 55.7 Å². The van der Waals surface area contributed by atoms with Crippen LogP contribution < -0.4 is 0 Å². The number of hydrogen-bond acceptors (Lipinski definition) is 0. The van der Waals surface area contributed by atoms with E-state index in [4.69, 9.17) is 0 Å². The second-order valence-corrected chi connectivity index (χ2v) is 24.7. The lowest BCUT2D eigenvalue weighted by atomic mass is 9.63. The predicted octanol–water partition coefficient (Wildman–Crippen LogP) is 19.9.